The second-order valence-corrected chi connectivity index (χ2v) is 7.38. The van der Waals surface area contributed by atoms with Crippen LogP contribution in [0.5, 0.6) is 0 Å². The maximum atomic E-state index is 13.1. The Hall–Kier alpha value is -1.62. The number of rotatable bonds is 2. The molecule has 132 valence electrons. The fourth-order valence-corrected chi connectivity index (χ4v) is 3.99. The molecule has 1 unspecified atom stereocenters. The first-order valence-electron chi connectivity index (χ1n) is 8.82. The summed E-state index contributed by atoms with van der Waals surface area (Å²) in [5, 5.41) is 0. The van der Waals surface area contributed by atoms with Crippen molar-refractivity contribution in [3.8, 4) is 0 Å². The lowest BCUT2D eigenvalue weighted by atomic mass is 9.77. The normalized spacial score (nSPS) is 23.3. The maximum absolute atomic E-state index is 13.1. The Bertz CT molecular complexity index is 565. The molecule has 2 saturated heterocycles. The predicted octanol–water partition coefficient (Wildman–Crippen LogP) is 3.31. The number of carbonyl (C=O) groups excluding carboxylic acids is 1. The molecule has 0 aromatic heterocycles. The van der Waals surface area contributed by atoms with Crippen LogP contribution in [0.3, 0.4) is 0 Å². The molecule has 1 spiro atoms. The van der Waals surface area contributed by atoms with Crippen molar-refractivity contribution in [2.45, 2.75) is 37.7 Å². The minimum absolute atomic E-state index is 0.0773. The molecule has 0 aliphatic carbocycles. The first-order chi connectivity index (χ1) is 11.5. The molecule has 24 heavy (non-hydrogen) atoms. The maximum Gasteiger partial charge on any atom is 0.319 e. The number of benzene rings is 1. The summed E-state index contributed by atoms with van der Waals surface area (Å²) >= 11 is 0. The van der Waals surface area contributed by atoms with Gasteiger partial charge in [-0.1, -0.05) is 12.1 Å². The highest BCUT2D eigenvalue weighted by molar-refractivity contribution is 5.73. The number of urea groups is 1. The third kappa shape index (κ3) is 3.89. The van der Waals surface area contributed by atoms with Crippen LogP contribution in [0.15, 0.2) is 24.3 Å². The van der Waals surface area contributed by atoms with E-state index in [1.165, 1.54) is 17.7 Å². The van der Waals surface area contributed by atoms with Gasteiger partial charge in [-0.2, -0.15) is 0 Å². The van der Waals surface area contributed by atoms with Gasteiger partial charge in [0, 0.05) is 33.8 Å². The molecule has 1 atom stereocenters. The minimum Gasteiger partial charge on any atom is -0.375 e. The summed E-state index contributed by atoms with van der Waals surface area (Å²) in [4.78, 5) is 15.6. The predicted molar refractivity (Wildman–Crippen MR) is 91.4 cm³/mol. The molecular formula is C19H27FN2O2. The topological polar surface area (TPSA) is 32.8 Å². The number of amides is 2. The summed E-state index contributed by atoms with van der Waals surface area (Å²) in [5.74, 6) is 0.389. The van der Waals surface area contributed by atoms with Gasteiger partial charge < -0.3 is 14.5 Å². The van der Waals surface area contributed by atoms with Gasteiger partial charge in [0.1, 0.15) is 5.82 Å². The zero-order chi connectivity index (χ0) is 17.2. The lowest BCUT2D eigenvalue weighted by Gasteiger charge is -2.46. The number of likely N-dealkylation sites (tertiary alicyclic amines) is 1. The van der Waals surface area contributed by atoms with Gasteiger partial charge in [-0.25, -0.2) is 9.18 Å². The molecule has 0 N–H and O–H groups in total. The van der Waals surface area contributed by atoms with E-state index in [0.29, 0.717) is 5.92 Å². The van der Waals surface area contributed by atoms with E-state index in [2.05, 4.69) is 0 Å². The fourth-order valence-electron chi connectivity index (χ4n) is 3.99. The van der Waals surface area contributed by atoms with Gasteiger partial charge in [0.2, 0.25) is 0 Å². The van der Waals surface area contributed by atoms with Crippen LogP contribution in [0.4, 0.5) is 9.18 Å². The third-order valence-electron chi connectivity index (χ3n) is 5.36. The highest BCUT2D eigenvalue weighted by Gasteiger charge is 2.41. The van der Waals surface area contributed by atoms with Gasteiger partial charge >= 0.3 is 6.03 Å². The lowest BCUT2D eigenvalue weighted by Crippen LogP contribution is -2.52. The lowest BCUT2D eigenvalue weighted by molar-refractivity contribution is -0.123. The molecule has 0 radical (unpaired) electrons. The molecule has 1 aromatic rings. The smallest absolute Gasteiger partial charge is 0.319 e. The molecule has 0 bridgehead atoms. The SMILES string of the molecule is CN(C)C(=O)N1CCC2(CC1)CC(Cc1ccc(F)cc1)CCO2. The Morgan fingerprint density at radius 3 is 2.58 bits per heavy atom. The average molecular weight is 334 g/mol. The largest absolute Gasteiger partial charge is 0.375 e. The summed E-state index contributed by atoms with van der Waals surface area (Å²) < 4.78 is 19.2. The second kappa shape index (κ2) is 7.09. The Morgan fingerprint density at radius 2 is 1.96 bits per heavy atom. The number of piperidine rings is 1. The van der Waals surface area contributed by atoms with Crippen molar-refractivity contribution < 1.29 is 13.9 Å². The highest BCUT2D eigenvalue weighted by Crippen LogP contribution is 2.38. The van der Waals surface area contributed by atoms with Crippen LogP contribution >= 0.6 is 0 Å². The van der Waals surface area contributed by atoms with Crippen LogP contribution in [0.25, 0.3) is 0 Å². The van der Waals surface area contributed by atoms with Crippen LogP contribution in [0.1, 0.15) is 31.2 Å². The Balaban J connectivity index is 1.57. The summed E-state index contributed by atoms with van der Waals surface area (Å²) in [6.07, 6.45) is 4.89. The van der Waals surface area contributed by atoms with Crippen molar-refractivity contribution in [2.75, 3.05) is 33.8 Å². The standard InChI is InChI=1S/C19H27FN2O2/c1-21(2)18(23)22-10-8-19(9-11-22)14-16(7-12-24-19)13-15-3-5-17(20)6-4-15/h3-6,16H,7-14H2,1-2H3. The van der Waals surface area contributed by atoms with Crippen molar-refractivity contribution in [3.63, 3.8) is 0 Å². The fraction of sp³-hybridized carbons (Fsp3) is 0.632. The number of ether oxygens (including phenoxy) is 1. The molecule has 2 fully saturated rings. The summed E-state index contributed by atoms with van der Waals surface area (Å²) in [6, 6.07) is 6.93. The zero-order valence-electron chi connectivity index (χ0n) is 14.6. The van der Waals surface area contributed by atoms with E-state index in [1.807, 2.05) is 17.0 Å². The molecule has 4 nitrogen and oxygen atoms in total. The van der Waals surface area contributed by atoms with Crippen molar-refractivity contribution in [1.82, 2.24) is 9.80 Å². The van der Waals surface area contributed by atoms with E-state index in [0.717, 1.165) is 51.8 Å². The summed E-state index contributed by atoms with van der Waals surface area (Å²) in [7, 11) is 3.59. The van der Waals surface area contributed by atoms with Crippen LogP contribution in [0.2, 0.25) is 0 Å². The van der Waals surface area contributed by atoms with E-state index in [-0.39, 0.29) is 17.4 Å². The molecule has 2 aliphatic heterocycles. The molecule has 3 rings (SSSR count). The first-order valence-corrected chi connectivity index (χ1v) is 8.82. The van der Waals surface area contributed by atoms with Gasteiger partial charge in [0.15, 0.2) is 0 Å². The van der Waals surface area contributed by atoms with Gasteiger partial charge in [-0.05, 0) is 55.7 Å². The monoisotopic (exact) mass is 334 g/mol. The van der Waals surface area contributed by atoms with Crippen LogP contribution in [-0.4, -0.2) is 55.2 Å². The van der Waals surface area contributed by atoms with Gasteiger partial charge in [-0.3, -0.25) is 0 Å². The Kier molecular flexibility index (Phi) is 5.09. The summed E-state index contributed by atoms with van der Waals surface area (Å²) in [5.41, 5.74) is 1.12. The van der Waals surface area contributed by atoms with Crippen molar-refractivity contribution in [1.29, 1.82) is 0 Å². The molecule has 0 saturated carbocycles. The van der Waals surface area contributed by atoms with Crippen molar-refractivity contribution >= 4 is 6.03 Å². The Morgan fingerprint density at radius 1 is 1.29 bits per heavy atom. The molecule has 5 heteroatoms. The van der Waals surface area contributed by atoms with Crippen LogP contribution in [-0.2, 0) is 11.2 Å². The number of carbonyl (C=O) groups is 1. The van der Waals surface area contributed by atoms with Crippen molar-refractivity contribution in [2.24, 2.45) is 5.92 Å². The van der Waals surface area contributed by atoms with E-state index in [1.54, 1.807) is 19.0 Å². The number of hydrogen-bond donors (Lipinski definition) is 0. The minimum atomic E-state index is -0.180. The quantitative estimate of drug-likeness (QED) is 0.831. The van der Waals surface area contributed by atoms with E-state index < -0.39 is 0 Å². The van der Waals surface area contributed by atoms with Gasteiger partial charge in [0.25, 0.3) is 0 Å². The number of hydrogen-bond acceptors (Lipinski definition) is 2. The summed E-state index contributed by atoms with van der Waals surface area (Å²) in [6.45, 7) is 2.31. The molecular weight excluding hydrogens is 307 g/mol. The number of nitrogens with zero attached hydrogens (tertiary/aromatic N) is 2. The van der Waals surface area contributed by atoms with E-state index in [4.69, 9.17) is 4.74 Å². The average Bonchev–Trinajstić information content (AvgIpc) is 2.57. The highest BCUT2D eigenvalue weighted by atomic mass is 19.1. The molecule has 1 aromatic carbocycles. The zero-order valence-corrected chi connectivity index (χ0v) is 14.6. The molecule has 2 aliphatic rings. The second-order valence-electron chi connectivity index (χ2n) is 7.38. The van der Waals surface area contributed by atoms with Crippen LogP contribution in [0, 0.1) is 11.7 Å². The van der Waals surface area contributed by atoms with Crippen molar-refractivity contribution in [3.05, 3.63) is 35.6 Å². The third-order valence-corrected chi connectivity index (χ3v) is 5.36. The van der Waals surface area contributed by atoms with Gasteiger partial charge in [-0.15, -0.1) is 0 Å². The Labute approximate surface area is 143 Å². The molecule has 2 heterocycles. The van der Waals surface area contributed by atoms with Crippen LogP contribution < -0.4 is 0 Å². The first kappa shape index (κ1) is 17.2. The molecule has 2 amide bonds. The van der Waals surface area contributed by atoms with Gasteiger partial charge in [0.05, 0.1) is 5.60 Å². The van der Waals surface area contributed by atoms with E-state index in [9.17, 15) is 9.18 Å². The van der Waals surface area contributed by atoms with E-state index >= 15 is 0 Å². The number of halogens is 1.